The molecule has 0 fully saturated rings. The second-order valence-electron chi connectivity index (χ2n) is 4.47. The van der Waals surface area contributed by atoms with Gasteiger partial charge in [0.2, 0.25) is 0 Å². The number of halogens is 2. The van der Waals surface area contributed by atoms with Gasteiger partial charge in [0.1, 0.15) is 0 Å². The molecule has 0 aliphatic rings. The van der Waals surface area contributed by atoms with Crippen molar-refractivity contribution in [3.63, 3.8) is 0 Å². The van der Waals surface area contributed by atoms with Gasteiger partial charge in [0.05, 0.1) is 17.8 Å². The topological polar surface area (TPSA) is 24.9 Å². The van der Waals surface area contributed by atoms with E-state index in [2.05, 4.69) is 60.4 Å². The fourth-order valence-electron chi connectivity index (χ4n) is 2.03. The Bertz CT molecular complexity index is 756. The van der Waals surface area contributed by atoms with Crippen LogP contribution in [0.25, 0.3) is 10.9 Å². The summed E-state index contributed by atoms with van der Waals surface area (Å²) in [7, 11) is 0. The third-order valence-corrected chi connectivity index (χ3v) is 4.23. The van der Waals surface area contributed by atoms with E-state index in [0.717, 1.165) is 25.8 Å². The van der Waals surface area contributed by atoms with Crippen LogP contribution in [0, 0.1) is 0 Å². The average molecular weight is 392 g/mol. The molecule has 0 radical (unpaired) electrons. The third kappa shape index (κ3) is 3.02. The van der Waals surface area contributed by atoms with Crippen LogP contribution in [0.1, 0.15) is 5.69 Å². The van der Waals surface area contributed by atoms with Gasteiger partial charge in [0, 0.05) is 20.0 Å². The van der Waals surface area contributed by atoms with E-state index in [9.17, 15) is 0 Å². The van der Waals surface area contributed by atoms with Gasteiger partial charge in [-0.3, -0.25) is 4.98 Å². The maximum absolute atomic E-state index is 4.65. The zero-order valence-corrected chi connectivity index (χ0v) is 13.8. The molecule has 0 saturated heterocycles. The van der Waals surface area contributed by atoms with Gasteiger partial charge in [-0.25, -0.2) is 0 Å². The molecule has 0 amide bonds. The lowest BCUT2D eigenvalue weighted by molar-refractivity contribution is 1.07. The van der Waals surface area contributed by atoms with Crippen LogP contribution in [0.15, 0.2) is 63.5 Å². The highest BCUT2D eigenvalue weighted by Crippen LogP contribution is 2.26. The molecule has 0 aliphatic heterocycles. The van der Waals surface area contributed by atoms with Crippen LogP contribution in [0.3, 0.4) is 0 Å². The summed E-state index contributed by atoms with van der Waals surface area (Å²) in [4.78, 5) is 4.65. The molecular weight excluding hydrogens is 380 g/mol. The summed E-state index contributed by atoms with van der Waals surface area (Å²) in [5.74, 6) is 0. The van der Waals surface area contributed by atoms with Crippen LogP contribution < -0.4 is 5.32 Å². The van der Waals surface area contributed by atoms with Crippen molar-refractivity contribution >= 4 is 48.5 Å². The number of nitrogens with zero attached hydrogens (tertiary/aromatic N) is 1. The van der Waals surface area contributed by atoms with Crippen LogP contribution >= 0.6 is 31.9 Å². The van der Waals surface area contributed by atoms with Crippen LogP contribution in [0.2, 0.25) is 0 Å². The second-order valence-corrected chi connectivity index (χ2v) is 6.24. The summed E-state index contributed by atoms with van der Waals surface area (Å²) in [5, 5.41) is 4.56. The highest BCUT2D eigenvalue weighted by Gasteiger charge is 2.02. The summed E-state index contributed by atoms with van der Waals surface area (Å²) < 4.78 is 2.09. The molecule has 3 rings (SSSR count). The molecule has 1 N–H and O–H groups in total. The minimum atomic E-state index is 0.694. The van der Waals surface area contributed by atoms with Gasteiger partial charge in [-0.15, -0.1) is 0 Å². The average Bonchev–Trinajstić information content (AvgIpc) is 2.48. The lowest BCUT2D eigenvalue weighted by atomic mass is 10.2. The fraction of sp³-hybridized carbons (Fsp3) is 0.0625. The number of rotatable bonds is 3. The molecule has 1 heterocycles. The Hall–Kier alpha value is -1.39. The summed E-state index contributed by atoms with van der Waals surface area (Å²) in [6.07, 6.45) is 0. The Morgan fingerprint density at radius 3 is 2.70 bits per heavy atom. The molecule has 0 saturated carbocycles. The van der Waals surface area contributed by atoms with Crippen molar-refractivity contribution in [3.8, 4) is 0 Å². The van der Waals surface area contributed by atoms with Crippen molar-refractivity contribution in [2.75, 3.05) is 5.32 Å². The maximum atomic E-state index is 4.65. The predicted molar refractivity (Wildman–Crippen MR) is 90.9 cm³/mol. The number of para-hydroxylation sites is 1. The van der Waals surface area contributed by atoms with Gasteiger partial charge in [-0.05, 0) is 46.3 Å². The number of aromatic nitrogens is 1. The van der Waals surface area contributed by atoms with Gasteiger partial charge in [0.15, 0.2) is 0 Å². The lowest BCUT2D eigenvalue weighted by Gasteiger charge is -2.09. The van der Waals surface area contributed by atoms with Gasteiger partial charge in [0.25, 0.3) is 0 Å². The van der Waals surface area contributed by atoms with E-state index in [0.29, 0.717) is 6.54 Å². The molecule has 0 spiro atoms. The third-order valence-electron chi connectivity index (χ3n) is 3.04. The fourth-order valence-corrected chi connectivity index (χ4v) is 2.77. The second kappa shape index (κ2) is 5.94. The Morgan fingerprint density at radius 2 is 1.80 bits per heavy atom. The molecule has 20 heavy (non-hydrogen) atoms. The van der Waals surface area contributed by atoms with E-state index < -0.39 is 0 Å². The standard InChI is InChI=1S/C16H12Br2N2/c17-12-6-8-14(18)16(9-12)19-10-13-7-5-11-3-1-2-4-15(11)20-13/h1-9,19H,10H2. The van der Waals surface area contributed by atoms with Crippen molar-refractivity contribution in [1.29, 1.82) is 0 Å². The van der Waals surface area contributed by atoms with Crippen LogP contribution in [-0.2, 0) is 6.54 Å². The highest BCUT2D eigenvalue weighted by atomic mass is 79.9. The zero-order chi connectivity index (χ0) is 13.9. The summed E-state index contributed by atoms with van der Waals surface area (Å²) in [5.41, 5.74) is 3.10. The first-order valence-electron chi connectivity index (χ1n) is 6.26. The highest BCUT2D eigenvalue weighted by molar-refractivity contribution is 9.11. The van der Waals surface area contributed by atoms with E-state index in [4.69, 9.17) is 0 Å². The molecule has 1 aromatic heterocycles. The van der Waals surface area contributed by atoms with Gasteiger partial charge in [-0.2, -0.15) is 0 Å². The first kappa shape index (κ1) is 13.6. The number of anilines is 1. The first-order valence-corrected chi connectivity index (χ1v) is 7.84. The van der Waals surface area contributed by atoms with E-state index >= 15 is 0 Å². The van der Waals surface area contributed by atoms with E-state index in [1.165, 1.54) is 5.39 Å². The molecular formula is C16H12Br2N2. The molecule has 0 bridgehead atoms. The number of pyridine rings is 1. The van der Waals surface area contributed by atoms with Gasteiger partial charge < -0.3 is 5.32 Å². The monoisotopic (exact) mass is 390 g/mol. The SMILES string of the molecule is Brc1ccc(Br)c(NCc2ccc3ccccc3n2)c1. The number of hydrogen-bond donors (Lipinski definition) is 1. The molecule has 100 valence electrons. The van der Waals surface area contributed by atoms with Gasteiger partial charge in [-0.1, -0.05) is 40.2 Å². The minimum absolute atomic E-state index is 0.694. The summed E-state index contributed by atoms with van der Waals surface area (Å²) >= 11 is 7.02. The number of hydrogen-bond acceptors (Lipinski definition) is 2. The van der Waals surface area contributed by atoms with E-state index in [1.54, 1.807) is 0 Å². The normalized spacial score (nSPS) is 10.7. The van der Waals surface area contributed by atoms with Crippen LogP contribution in [-0.4, -0.2) is 4.98 Å². The number of nitrogens with one attached hydrogen (secondary N) is 1. The zero-order valence-electron chi connectivity index (χ0n) is 10.6. The molecule has 2 aromatic carbocycles. The maximum Gasteiger partial charge on any atom is 0.0706 e. The quantitative estimate of drug-likeness (QED) is 0.648. The molecule has 0 atom stereocenters. The Morgan fingerprint density at radius 1 is 0.950 bits per heavy atom. The van der Waals surface area contributed by atoms with E-state index in [1.807, 2.05) is 36.4 Å². The lowest BCUT2D eigenvalue weighted by Crippen LogP contribution is -2.02. The summed E-state index contributed by atoms with van der Waals surface area (Å²) in [6, 6.07) is 18.4. The number of benzene rings is 2. The molecule has 0 unspecified atom stereocenters. The van der Waals surface area contributed by atoms with Crippen molar-refractivity contribution < 1.29 is 0 Å². The Kier molecular flexibility index (Phi) is 4.03. The summed E-state index contributed by atoms with van der Waals surface area (Å²) in [6.45, 7) is 0.694. The minimum Gasteiger partial charge on any atom is -0.378 e. The molecule has 4 heteroatoms. The first-order chi connectivity index (χ1) is 9.72. The van der Waals surface area contributed by atoms with Crippen molar-refractivity contribution in [3.05, 3.63) is 69.2 Å². The Labute approximate surface area is 134 Å². The van der Waals surface area contributed by atoms with E-state index in [-0.39, 0.29) is 0 Å². The smallest absolute Gasteiger partial charge is 0.0706 e. The van der Waals surface area contributed by atoms with Crippen molar-refractivity contribution in [2.45, 2.75) is 6.54 Å². The molecule has 0 aliphatic carbocycles. The van der Waals surface area contributed by atoms with Crippen molar-refractivity contribution in [1.82, 2.24) is 4.98 Å². The van der Waals surface area contributed by atoms with Gasteiger partial charge >= 0.3 is 0 Å². The molecule has 3 aromatic rings. The largest absolute Gasteiger partial charge is 0.378 e. The van der Waals surface area contributed by atoms with Crippen LogP contribution in [0.4, 0.5) is 5.69 Å². The molecule has 2 nitrogen and oxygen atoms in total. The predicted octanol–water partition coefficient (Wildman–Crippen LogP) is 5.37. The number of fused-ring (bicyclic) bond motifs is 1. The van der Waals surface area contributed by atoms with Crippen molar-refractivity contribution in [2.24, 2.45) is 0 Å². The van der Waals surface area contributed by atoms with Crippen LogP contribution in [0.5, 0.6) is 0 Å². The Balaban J connectivity index is 1.81.